The molecule has 0 saturated carbocycles. The standard InChI is InChI=1S/C29H39ClN7O2P.C23H29N4O4PS.C22H27N4O4PS/c1-35-14-16-37(17-15-35)22-10-12-36(13-11-22)23-8-9-26(27(19-23)39-2)33-29-31-20-25(30)28(34-29)32-21-6-5-7-24(18-21)40(3,4)38;1-15(2)33(29,30)21-10-8-7-9-19(21)25-22-16(3)14-24-23(27-22)26-18-12-11-17(32(5,6)28)13-20(18)31-4;1-15(2)32(28,29)20-9-7-6-8-18(20)24-21-12-13-23-22(26-21)25-17-11-10-16(31(4,5)27)14-19(17)30-3/h5-9,18-20,22H,10-17H2,1-4H3,(H2,31,32,33,34);7-15H,1-6H3,(H2,24,25,26,27);6-15H,1-5H3,(H2,23,24,25,26). The minimum Gasteiger partial charge on any atom is -0.495 e. The summed E-state index contributed by atoms with van der Waals surface area (Å²) in [6.45, 7) is 25.5. The Balaban J connectivity index is 0.000000184. The van der Waals surface area contributed by atoms with E-state index in [0.29, 0.717) is 91.2 Å². The van der Waals surface area contributed by atoms with Crippen LogP contribution in [0.3, 0.4) is 0 Å². The molecule has 2 aliphatic rings. The number of rotatable bonds is 24. The molecule has 0 unspecified atom stereocenters. The summed E-state index contributed by atoms with van der Waals surface area (Å²) in [7, 11) is -7.27. The lowest BCUT2D eigenvalue weighted by Gasteiger charge is -2.42. The van der Waals surface area contributed by atoms with Crippen molar-refractivity contribution >= 4 is 144 Å². The molecule has 3 aromatic heterocycles. The summed E-state index contributed by atoms with van der Waals surface area (Å²) < 4.78 is 105. The van der Waals surface area contributed by atoms with Crippen LogP contribution in [0.25, 0.3) is 0 Å². The van der Waals surface area contributed by atoms with Crippen LogP contribution in [0.5, 0.6) is 17.2 Å². The number of anilines is 13. The predicted octanol–water partition coefficient (Wildman–Crippen LogP) is 14.2. The number of aryl methyl sites for hydroxylation is 1. The van der Waals surface area contributed by atoms with Crippen LogP contribution in [0, 0.1) is 6.92 Å². The van der Waals surface area contributed by atoms with Crippen molar-refractivity contribution in [3.05, 3.63) is 163 Å². The molecule has 0 atom stereocenters. The van der Waals surface area contributed by atoms with E-state index in [9.17, 15) is 30.5 Å². The molecular formula is C74H95ClN15O10P3S2. The summed E-state index contributed by atoms with van der Waals surface area (Å²) in [4.78, 5) is 34.5. The van der Waals surface area contributed by atoms with Crippen molar-refractivity contribution in [2.75, 3.05) is 144 Å². The molecule has 2 aliphatic heterocycles. The highest BCUT2D eigenvalue weighted by atomic mass is 35.5. The van der Waals surface area contributed by atoms with Gasteiger partial charge in [-0.1, -0.05) is 48.0 Å². The molecule has 6 aromatic carbocycles. The number of aromatic nitrogens is 6. The lowest BCUT2D eigenvalue weighted by atomic mass is 10.0. The smallest absolute Gasteiger partial charge is 0.229 e. The fourth-order valence-corrected chi connectivity index (χ4v) is 16.5. The minimum absolute atomic E-state index is 0.212. The van der Waals surface area contributed by atoms with Gasteiger partial charge < -0.3 is 69.6 Å². The largest absolute Gasteiger partial charge is 0.495 e. The predicted molar refractivity (Wildman–Crippen MR) is 430 cm³/mol. The average Bonchev–Trinajstić information content (AvgIpc) is 0.810. The number of likely N-dealkylation sites (N-methyl/N-ethyl adjacent to an activating group) is 1. The van der Waals surface area contributed by atoms with Gasteiger partial charge in [0.2, 0.25) is 17.8 Å². The van der Waals surface area contributed by atoms with E-state index in [4.69, 9.17) is 25.8 Å². The monoisotopic (exact) mass is 1550 g/mol. The first-order valence-electron chi connectivity index (χ1n) is 34.1. The van der Waals surface area contributed by atoms with Gasteiger partial charge in [0.1, 0.15) is 55.3 Å². The van der Waals surface area contributed by atoms with Crippen molar-refractivity contribution in [2.45, 2.75) is 73.8 Å². The summed E-state index contributed by atoms with van der Waals surface area (Å²) in [5, 5.41) is 20.4. The number of ether oxygens (including phenoxy) is 3. The number of nitrogens with one attached hydrogen (secondary N) is 6. The summed E-state index contributed by atoms with van der Waals surface area (Å²) in [5.41, 5.74) is 5.55. The molecule has 0 aliphatic carbocycles. The number of sulfone groups is 2. The van der Waals surface area contributed by atoms with E-state index >= 15 is 0 Å². The first-order valence-corrected chi connectivity index (χ1v) is 45.4. The number of piperazine rings is 1. The van der Waals surface area contributed by atoms with Crippen molar-refractivity contribution in [1.82, 2.24) is 39.7 Å². The van der Waals surface area contributed by atoms with Crippen LogP contribution in [0.4, 0.5) is 75.1 Å². The van der Waals surface area contributed by atoms with Crippen molar-refractivity contribution < 1.29 is 44.7 Å². The fraction of sp³-hybridized carbons (Fsp3) is 0.351. The second kappa shape index (κ2) is 34.7. The van der Waals surface area contributed by atoms with Crippen molar-refractivity contribution in [1.29, 1.82) is 0 Å². The molecule has 0 spiro atoms. The molecule has 0 amide bonds. The van der Waals surface area contributed by atoms with Gasteiger partial charge in [-0.05, 0) is 185 Å². The Morgan fingerprint density at radius 1 is 0.486 bits per heavy atom. The number of halogens is 1. The lowest BCUT2D eigenvalue weighted by Crippen LogP contribution is -2.52. The maximum atomic E-state index is 12.8. The van der Waals surface area contributed by atoms with E-state index in [1.807, 2.05) is 37.3 Å². The SMILES string of the molecule is COc1cc(N2CCC(N3CCN(C)CC3)CC2)ccc1Nc1ncc(Cl)c(Nc2cccc(P(C)(C)=O)c2)n1.COc1cc(P(C)(C)=O)ccc1Nc1ncc(C)c(Nc2ccccc2S(=O)(=O)C(C)C)n1.COc1cc(P(C)(C)=O)ccc1Nc1nccc(Nc2ccccc2S(=O)(=O)C(C)C)n1. The number of hydrogen-bond acceptors (Lipinski definition) is 25. The van der Waals surface area contributed by atoms with E-state index in [-0.39, 0.29) is 9.79 Å². The summed E-state index contributed by atoms with van der Waals surface area (Å²) in [6.07, 6.45) is 7.11. The molecule has 0 bridgehead atoms. The number of methoxy groups -OCH3 is 3. The fourth-order valence-electron chi connectivity index (χ4n) is 11.4. The van der Waals surface area contributed by atoms with Crippen LogP contribution in [0.2, 0.25) is 5.02 Å². The van der Waals surface area contributed by atoms with Crippen LogP contribution in [-0.2, 0) is 33.4 Å². The Hall–Kier alpha value is -8.64. The third kappa shape index (κ3) is 21.1. The van der Waals surface area contributed by atoms with E-state index in [2.05, 4.69) is 95.7 Å². The van der Waals surface area contributed by atoms with Gasteiger partial charge in [0.15, 0.2) is 25.5 Å². The molecule has 25 nitrogen and oxygen atoms in total. The average molecular weight is 1550 g/mol. The van der Waals surface area contributed by atoms with Gasteiger partial charge in [0.25, 0.3) is 0 Å². The Morgan fingerprint density at radius 2 is 0.952 bits per heavy atom. The van der Waals surface area contributed by atoms with Crippen LogP contribution in [0.15, 0.2) is 162 Å². The Bertz CT molecular complexity index is 4930. The summed E-state index contributed by atoms with van der Waals surface area (Å²) >= 11 is 6.40. The molecule has 5 heterocycles. The number of nitrogens with zero attached hydrogens (tertiary/aromatic N) is 9. The Kier molecular flexibility index (Phi) is 26.6. The molecule has 31 heteroatoms. The normalized spacial score (nSPS) is 14.1. The zero-order valence-electron chi connectivity index (χ0n) is 62.0. The Morgan fingerprint density at radius 3 is 1.47 bits per heavy atom. The Labute approximate surface area is 622 Å². The third-order valence-corrected chi connectivity index (χ3v) is 26.9. The number of para-hydroxylation sites is 2. The van der Waals surface area contributed by atoms with Crippen LogP contribution in [0.1, 0.15) is 46.1 Å². The first kappa shape index (κ1) is 80.5. The van der Waals surface area contributed by atoms with Gasteiger partial charge in [-0.3, -0.25) is 4.90 Å². The van der Waals surface area contributed by atoms with Crippen LogP contribution in [-0.4, -0.2) is 181 Å². The number of piperidine rings is 1. The van der Waals surface area contributed by atoms with Crippen LogP contribution < -0.4 is 66.9 Å². The first-order chi connectivity index (χ1) is 49.6. The molecule has 11 rings (SSSR count). The second-order valence-electron chi connectivity index (χ2n) is 27.1. The molecule has 0 radical (unpaired) electrons. The van der Waals surface area contributed by atoms with Crippen molar-refractivity contribution in [3.8, 4) is 17.2 Å². The van der Waals surface area contributed by atoms with Gasteiger partial charge in [-0.2, -0.15) is 15.0 Å². The van der Waals surface area contributed by atoms with Gasteiger partial charge in [0, 0.05) is 96.6 Å². The molecular weight excluding hydrogens is 1450 g/mol. The zero-order valence-corrected chi connectivity index (χ0v) is 67.0. The molecule has 105 heavy (non-hydrogen) atoms. The molecule has 560 valence electrons. The summed E-state index contributed by atoms with van der Waals surface area (Å²) in [6, 6.07) is 40.1. The third-order valence-electron chi connectivity index (χ3n) is 17.7. The van der Waals surface area contributed by atoms with E-state index in [0.717, 1.165) is 59.9 Å². The lowest BCUT2D eigenvalue weighted by molar-refractivity contribution is 0.0982. The van der Waals surface area contributed by atoms with Crippen LogP contribution >= 0.6 is 33.0 Å². The van der Waals surface area contributed by atoms with E-state index < -0.39 is 51.6 Å². The quantitative estimate of drug-likeness (QED) is 0.0306. The highest BCUT2D eigenvalue weighted by Crippen LogP contribution is 2.42. The second-order valence-corrected chi connectivity index (χ2v) is 42.1. The number of benzene rings is 6. The maximum Gasteiger partial charge on any atom is 0.229 e. The topological polar surface area (TPSA) is 306 Å². The van der Waals surface area contributed by atoms with Gasteiger partial charge in [0.05, 0.1) is 76.3 Å². The van der Waals surface area contributed by atoms with Gasteiger partial charge in [-0.25, -0.2) is 31.8 Å². The molecule has 2 saturated heterocycles. The molecule has 6 N–H and O–H groups in total. The van der Waals surface area contributed by atoms with Crippen molar-refractivity contribution in [3.63, 3.8) is 0 Å². The van der Waals surface area contributed by atoms with E-state index in [1.54, 1.807) is 184 Å². The number of hydrogen-bond donors (Lipinski definition) is 6. The maximum absolute atomic E-state index is 12.8. The van der Waals surface area contributed by atoms with E-state index in [1.165, 1.54) is 40.2 Å². The van der Waals surface area contributed by atoms with Gasteiger partial charge >= 0.3 is 0 Å². The van der Waals surface area contributed by atoms with Gasteiger partial charge in [-0.15, -0.1) is 0 Å². The van der Waals surface area contributed by atoms with Crippen molar-refractivity contribution in [2.24, 2.45) is 0 Å². The summed E-state index contributed by atoms with van der Waals surface area (Å²) in [5.74, 6) is 4.09. The zero-order chi connectivity index (χ0) is 76.2. The molecule has 9 aromatic rings. The highest BCUT2D eigenvalue weighted by molar-refractivity contribution is 7.92. The minimum atomic E-state index is -3.49. The molecule has 2 fully saturated rings. The highest BCUT2D eigenvalue weighted by Gasteiger charge is 2.29.